The molecule has 0 bridgehead atoms. The molecule has 1 aromatic carbocycles. The minimum absolute atomic E-state index is 0.0496. The summed E-state index contributed by atoms with van der Waals surface area (Å²) in [6.45, 7) is 1.72. The van der Waals surface area contributed by atoms with E-state index in [0.29, 0.717) is 6.29 Å². The summed E-state index contributed by atoms with van der Waals surface area (Å²) in [6.07, 6.45) is -2.53. The first kappa shape index (κ1) is 13.3. The maximum atomic E-state index is 12.9. The van der Waals surface area contributed by atoms with Crippen LogP contribution in [0, 0.1) is 6.92 Å². The van der Waals surface area contributed by atoms with Crippen LogP contribution in [-0.2, 0) is 6.18 Å². The van der Waals surface area contributed by atoms with Gasteiger partial charge in [0.05, 0.1) is 11.3 Å². The Hall–Kier alpha value is -2.17. The molecule has 0 fully saturated rings. The van der Waals surface area contributed by atoms with Crippen molar-refractivity contribution in [2.75, 3.05) is 0 Å². The van der Waals surface area contributed by atoms with Gasteiger partial charge in [-0.1, -0.05) is 18.2 Å². The molecule has 0 aliphatic heterocycles. The van der Waals surface area contributed by atoms with Gasteiger partial charge in [0.25, 0.3) is 0 Å². The zero-order valence-corrected chi connectivity index (χ0v) is 10.0. The van der Waals surface area contributed by atoms with E-state index < -0.39 is 11.7 Å². The van der Waals surface area contributed by atoms with Crippen LogP contribution in [0.1, 0.15) is 21.5 Å². The molecule has 0 spiro atoms. The van der Waals surface area contributed by atoms with E-state index in [-0.39, 0.29) is 16.8 Å². The molecule has 2 aromatic rings. The third-order valence-electron chi connectivity index (χ3n) is 2.67. The summed E-state index contributed by atoms with van der Waals surface area (Å²) in [6, 6.07) is 6.60. The van der Waals surface area contributed by atoms with Gasteiger partial charge in [-0.05, 0) is 24.6 Å². The number of aldehydes is 1. The molecule has 0 unspecified atom stereocenters. The number of halogens is 3. The van der Waals surface area contributed by atoms with E-state index in [2.05, 4.69) is 4.98 Å². The lowest BCUT2D eigenvalue weighted by molar-refractivity contribution is -0.137. The van der Waals surface area contributed by atoms with Crippen LogP contribution in [0.3, 0.4) is 0 Å². The van der Waals surface area contributed by atoms with Gasteiger partial charge in [0.15, 0.2) is 6.29 Å². The average Bonchev–Trinajstić information content (AvgIpc) is 2.37. The SMILES string of the molecule is Cc1cnc(-c2ccccc2C(F)(F)F)c(C=O)c1. The molecular weight excluding hydrogens is 255 g/mol. The van der Waals surface area contributed by atoms with E-state index in [4.69, 9.17) is 0 Å². The normalized spacial score (nSPS) is 11.4. The lowest BCUT2D eigenvalue weighted by Crippen LogP contribution is -2.08. The monoisotopic (exact) mass is 265 g/mol. The van der Waals surface area contributed by atoms with Crippen molar-refractivity contribution < 1.29 is 18.0 Å². The highest BCUT2D eigenvalue weighted by Crippen LogP contribution is 2.37. The molecule has 2 rings (SSSR count). The van der Waals surface area contributed by atoms with Gasteiger partial charge in [-0.2, -0.15) is 13.2 Å². The molecule has 0 amide bonds. The highest BCUT2D eigenvalue weighted by atomic mass is 19.4. The largest absolute Gasteiger partial charge is 0.417 e. The fourth-order valence-corrected chi connectivity index (χ4v) is 1.84. The molecule has 98 valence electrons. The first-order chi connectivity index (χ1) is 8.93. The van der Waals surface area contributed by atoms with Crippen LogP contribution in [0.2, 0.25) is 0 Å². The molecule has 1 heterocycles. The summed E-state index contributed by atoms with van der Waals surface area (Å²) < 4.78 is 38.8. The summed E-state index contributed by atoms with van der Waals surface area (Å²) in [7, 11) is 0. The first-order valence-electron chi connectivity index (χ1n) is 5.52. The highest BCUT2D eigenvalue weighted by molar-refractivity contribution is 5.86. The fraction of sp³-hybridized carbons (Fsp3) is 0.143. The van der Waals surface area contributed by atoms with E-state index in [1.807, 2.05) is 0 Å². The molecule has 0 N–H and O–H groups in total. The maximum Gasteiger partial charge on any atom is 0.417 e. The smallest absolute Gasteiger partial charge is 0.298 e. The van der Waals surface area contributed by atoms with Gasteiger partial charge >= 0.3 is 6.18 Å². The van der Waals surface area contributed by atoms with Gasteiger partial charge < -0.3 is 0 Å². The minimum atomic E-state index is -4.48. The topological polar surface area (TPSA) is 30.0 Å². The van der Waals surface area contributed by atoms with Crippen molar-refractivity contribution in [1.82, 2.24) is 4.98 Å². The second-order valence-corrected chi connectivity index (χ2v) is 4.11. The lowest BCUT2D eigenvalue weighted by atomic mass is 9.99. The molecule has 1 aromatic heterocycles. The molecule has 0 aliphatic rings. The van der Waals surface area contributed by atoms with Gasteiger partial charge in [-0.25, -0.2) is 0 Å². The Morgan fingerprint density at radius 3 is 2.53 bits per heavy atom. The van der Waals surface area contributed by atoms with Crippen molar-refractivity contribution in [3.63, 3.8) is 0 Å². The summed E-state index contributed by atoms with van der Waals surface area (Å²) in [5.41, 5.74) is 0.0344. The van der Waals surface area contributed by atoms with Gasteiger partial charge in [0.2, 0.25) is 0 Å². The number of carbonyl (C=O) groups is 1. The van der Waals surface area contributed by atoms with Crippen LogP contribution in [0.15, 0.2) is 36.5 Å². The Morgan fingerprint density at radius 1 is 1.21 bits per heavy atom. The molecule has 0 aliphatic carbocycles. The van der Waals surface area contributed by atoms with Crippen LogP contribution in [0.4, 0.5) is 13.2 Å². The number of aryl methyl sites for hydroxylation is 1. The summed E-state index contributed by atoms with van der Waals surface area (Å²) in [5, 5.41) is 0. The summed E-state index contributed by atoms with van der Waals surface area (Å²) in [4.78, 5) is 15.0. The van der Waals surface area contributed by atoms with Crippen molar-refractivity contribution in [3.05, 3.63) is 53.2 Å². The predicted octanol–water partition coefficient (Wildman–Crippen LogP) is 3.89. The third-order valence-corrected chi connectivity index (χ3v) is 2.67. The van der Waals surface area contributed by atoms with Crippen molar-refractivity contribution >= 4 is 6.29 Å². The number of nitrogens with zero attached hydrogens (tertiary/aromatic N) is 1. The Morgan fingerprint density at radius 2 is 1.89 bits per heavy atom. The molecular formula is C14H10F3NO. The Balaban J connectivity index is 2.69. The van der Waals surface area contributed by atoms with Crippen molar-refractivity contribution in [2.45, 2.75) is 13.1 Å². The Kier molecular flexibility index (Phi) is 3.38. The van der Waals surface area contributed by atoms with Gasteiger partial charge in [-0.15, -0.1) is 0 Å². The summed E-state index contributed by atoms with van der Waals surface area (Å²) >= 11 is 0. The second kappa shape index (κ2) is 4.84. The molecule has 5 heteroatoms. The van der Waals surface area contributed by atoms with Crippen LogP contribution in [0.25, 0.3) is 11.3 Å². The minimum Gasteiger partial charge on any atom is -0.298 e. The molecule has 0 saturated carbocycles. The zero-order chi connectivity index (χ0) is 14.0. The number of hydrogen-bond acceptors (Lipinski definition) is 2. The van der Waals surface area contributed by atoms with Gasteiger partial charge in [-0.3, -0.25) is 9.78 Å². The number of aromatic nitrogens is 1. The standard InChI is InChI=1S/C14H10F3NO/c1-9-6-10(8-19)13(18-7-9)11-4-2-3-5-12(11)14(15,16)17/h2-8H,1H3. The van der Waals surface area contributed by atoms with E-state index in [9.17, 15) is 18.0 Å². The van der Waals surface area contributed by atoms with Crippen molar-refractivity contribution in [3.8, 4) is 11.3 Å². The van der Waals surface area contributed by atoms with Crippen molar-refractivity contribution in [1.29, 1.82) is 0 Å². The van der Waals surface area contributed by atoms with Crippen LogP contribution in [-0.4, -0.2) is 11.3 Å². The average molecular weight is 265 g/mol. The number of alkyl halides is 3. The van der Waals surface area contributed by atoms with Gasteiger partial charge in [0, 0.05) is 17.3 Å². The van der Waals surface area contributed by atoms with E-state index in [0.717, 1.165) is 11.6 Å². The summed E-state index contributed by atoms with van der Waals surface area (Å²) in [5.74, 6) is 0. The van der Waals surface area contributed by atoms with E-state index >= 15 is 0 Å². The number of pyridine rings is 1. The number of hydrogen-bond donors (Lipinski definition) is 0. The maximum absolute atomic E-state index is 12.9. The molecule has 19 heavy (non-hydrogen) atoms. The van der Waals surface area contributed by atoms with Gasteiger partial charge in [0.1, 0.15) is 0 Å². The number of carbonyl (C=O) groups excluding carboxylic acids is 1. The molecule has 2 nitrogen and oxygen atoms in total. The Bertz CT molecular complexity index is 620. The number of benzene rings is 1. The molecule has 0 radical (unpaired) electrons. The Labute approximate surface area is 107 Å². The highest BCUT2D eigenvalue weighted by Gasteiger charge is 2.34. The predicted molar refractivity (Wildman–Crippen MR) is 64.8 cm³/mol. The third kappa shape index (κ3) is 2.65. The zero-order valence-electron chi connectivity index (χ0n) is 10.0. The molecule has 0 atom stereocenters. The van der Waals surface area contributed by atoms with Crippen LogP contribution in [0.5, 0.6) is 0 Å². The molecule has 0 saturated heterocycles. The van der Waals surface area contributed by atoms with Crippen LogP contribution >= 0.6 is 0 Å². The second-order valence-electron chi connectivity index (χ2n) is 4.11. The quantitative estimate of drug-likeness (QED) is 0.771. The number of rotatable bonds is 2. The van der Waals surface area contributed by atoms with E-state index in [1.54, 1.807) is 6.92 Å². The van der Waals surface area contributed by atoms with Crippen LogP contribution < -0.4 is 0 Å². The lowest BCUT2D eigenvalue weighted by Gasteiger charge is -2.13. The van der Waals surface area contributed by atoms with E-state index in [1.165, 1.54) is 30.5 Å². The first-order valence-corrected chi connectivity index (χ1v) is 5.52. The fourth-order valence-electron chi connectivity index (χ4n) is 1.84. The van der Waals surface area contributed by atoms with Crippen molar-refractivity contribution in [2.24, 2.45) is 0 Å².